The fourth-order valence-electron chi connectivity index (χ4n) is 13.4. The number of para-hydroxylation sites is 1. The van der Waals surface area contributed by atoms with Crippen LogP contribution in [0, 0.1) is 0 Å². The molecule has 0 saturated carbocycles. The lowest BCUT2D eigenvalue weighted by atomic mass is 9.70. The molecule has 422 valence electrons. The average Bonchev–Trinajstić information content (AvgIpc) is 1.99. The van der Waals surface area contributed by atoms with E-state index in [1.54, 1.807) is 5.56 Å². The number of fused-ring (bicyclic) bond motifs is 3. The molecule has 0 aliphatic heterocycles. The Morgan fingerprint density at radius 3 is 0.976 bits per heavy atom. The largest absolute Gasteiger partial charge is 0.311 e. The second-order valence-corrected chi connectivity index (χ2v) is 23.5. The van der Waals surface area contributed by atoms with Gasteiger partial charge in [0.25, 0.3) is 0 Å². The van der Waals surface area contributed by atoms with Crippen molar-refractivity contribution in [2.24, 2.45) is 0 Å². The third kappa shape index (κ3) is 12.8. The quantitative estimate of drug-likeness (QED) is 0.0526. The maximum atomic E-state index is 2.60. The van der Waals surface area contributed by atoms with Gasteiger partial charge >= 0.3 is 0 Å². The predicted octanol–water partition coefficient (Wildman–Crippen LogP) is 24.7. The van der Waals surface area contributed by atoms with Gasteiger partial charge in [-0.1, -0.05) is 285 Å². The Kier molecular flexibility index (Phi) is 18.1. The topological polar surface area (TPSA) is 6.48 Å². The number of hydrogen-bond acceptors (Lipinski definition) is 2. The van der Waals surface area contributed by atoms with Crippen LogP contribution in [-0.2, 0) is 5.41 Å². The first-order chi connectivity index (χ1) is 42.1. The molecule has 0 spiro atoms. The van der Waals surface area contributed by atoms with Gasteiger partial charge in [0.2, 0.25) is 0 Å². The molecule has 0 amide bonds. The van der Waals surface area contributed by atoms with Crippen LogP contribution in [0.4, 0.5) is 34.1 Å². The first kappa shape index (κ1) is 56.5. The van der Waals surface area contributed by atoms with Gasteiger partial charge in [-0.2, -0.15) is 0 Å². The summed E-state index contributed by atoms with van der Waals surface area (Å²) in [4.78, 5) is 4.84. The summed E-state index contributed by atoms with van der Waals surface area (Å²) in [7, 11) is 0. The lowest BCUT2D eigenvalue weighted by Gasteiger charge is -2.34. The molecule has 0 atom stereocenters. The van der Waals surface area contributed by atoms with E-state index >= 15 is 0 Å². The van der Waals surface area contributed by atoms with Crippen molar-refractivity contribution < 1.29 is 0 Å². The van der Waals surface area contributed by atoms with Gasteiger partial charge in [-0.25, -0.2) is 0 Å². The van der Waals surface area contributed by atoms with Crippen molar-refractivity contribution >= 4 is 34.1 Å². The van der Waals surface area contributed by atoms with Gasteiger partial charge in [-0.3, -0.25) is 0 Å². The summed E-state index contributed by atoms with van der Waals surface area (Å²) >= 11 is 0. The van der Waals surface area contributed by atoms with Crippen molar-refractivity contribution in [3.8, 4) is 66.8 Å². The van der Waals surface area contributed by atoms with Crippen LogP contribution in [0.3, 0.4) is 0 Å². The molecule has 0 heterocycles. The third-order valence-electron chi connectivity index (χ3n) is 17.9. The summed E-state index contributed by atoms with van der Waals surface area (Å²) < 4.78 is 0. The molecule has 11 aromatic rings. The molecular weight excluding hydrogens is 1020 g/mol. The van der Waals surface area contributed by atoms with Crippen molar-refractivity contribution in [2.45, 2.75) is 109 Å². The highest BCUT2D eigenvalue weighted by atomic mass is 15.1. The van der Waals surface area contributed by atoms with Crippen LogP contribution in [0.2, 0.25) is 0 Å². The zero-order chi connectivity index (χ0) is 57.6. The van der Waals surface area contributed by atoms with Crippen molar-refractivity contribution in [2.75, 3.05) is 9.80 Å². The number of nitrogens with zero attached hydrogens (tertiary/aromatic N) is 2. The highest BCUT2D eigenvalue weighted by Gasteiger charge is 2.42. The number of rotatable bonds is 25. The Balaban J connectivity index is 0.843. The van der Waals surface area contributed by atoms with Crippen LogP contribution < -0.4 is 9.80 Å². The molecule has 85 heavy (non-hydrogen) atoms. The normalized spacial score (nSPS) is 12.2. The zero-order valence-corrected chi connectivity index (χ0v) is 49.9. The highest BCUT2D eigenvalue weighted by molar-refractivity contribution is 5.88. The van der Waals surface area contributed by atoms with Crippen LogP contribution in [0.1, 0.15) is 115 Å². The molecule has 1 aliphatic rings. The van der Waals surface area contributed by atoms with E-state index in [1.165, 1.54) is 168 Å². The Hall–Kier alpha value is -8.98. The van der Waals surface area contributed by atoms with Gasteiger partial charge in [0.05, 0.1) is 0 Å². The van der Waals surface area contributed by atoms with E-state index in [2.05, 4.69) is 303 Å². The van der Waals surface area contributed by atoms with Gasteiger partial charge in [0.15, 0.2) is 0 Å². The SMILES string of the molecule is CCCCCCCCC1(CCCCCCCC)c2ccccc2-c2ccc(N(c3ccc(-c4ccccc4)cc3)c3ccc(-c4cccc(-c5ccc(N(c6ccccc6)c6ccc(-c7cccc(-c8ccccc8)c7)cc6)cc5)c4)cc3)cc21. The van der Waals surface area contributed by atoms with Crippen LogP contribution >= 0.6 is 0 Å². The van der Waals surface area contributed by atoms with Crippen molar-refractivity contribution in [3.05, 3.63) is 290 Å². The summed E-state index contributed by atoms with van der Waals surface area (Å²) in [5.41, 5.74) is 24.8. The smallest absolute Gasteiger partial charge is 0.0465 e. The third-order valence-corrected chi connectivity index (χ3v) is 17.9. The molecule has 12 rings (SSSR count). The molecule has 0 unspecified atom stereocenters. The summed E-state index contributed by atoms with van der Waals surface area (Å²) in [6.07, 6.45) is 18.1. The van der Waals surface area contributed by atoms with Gasteiger partial charge < -0.3 is 9.80 Å². The molecule has 0 bridgehead atoms. The van der Waals surface area contributed by atoms with Crippen molar-refractivity contribution in [1.82, 2.24) is 0 Å². The summed E-state index contributed by atoms with van der Waals surface area (Å²) in [5, 5.41) is 0. The van der Waals surface area contributed by atoms with E-state index < -0.39 is 0 Å². The van der Waals surface area contributed by atoms with E-state index in [-0.39, 0.29) is 5.41 Å². The summed E-state index contributed by atoms with van der Waals surface area (Å²) in [6.45, 7) is 4.64. The lowest BCUT2D eigenvalue weighted by Crippen LogP contribution is -2.26. The maximum Gasteiger partial charge on any atom is 0.0465 e. The minimum absolute atomic E-state index is 0.0134. The fraction of sp³-hybridized carbons (Fsp3) is 0.205. The second kappa shape index (κ2) is 27.2. The minimum Gasteiger partial charge on any atom is -0.311 e. The Bertz CT molecular complexity index is 3870. The molecule has 0 fully saturated rings. The fourth-order valence-corrected chi connectivity index (χ4v) is 13.4. The molecule has 11 aromatic carbocycles. The van der Waals surface area contributed by atoms with Crippen LogP contribution in [0.25, 0.3) is 66.8 Å². The second-order valence-electron chi connectivity index (χ2n) is 23.5. The maximum absolute atomic E-state index is 2.60. The van der Waals surface area contributed by atoms with Crippen LogP contribution in [0.5, 0.6) is 0 Å². The van der Waals surface area contributed by atoms with E-state index in [1.807, 2.05) is 0 Å². The number of hydrogen-bond donors (Lipinski definition) is 0. The molecule has 0 aromatic heterocycles. The Labute approximate surface area is 507 Å². The Morgan fingerprint density at radius 2 is 0.529 bits per heavy atom. The number of unbranched alkanes of at least 4 members (excludes halogenated alkanes) is 10. The predicted molar refractivity (Wildman–Crippen MR) is 365 cm³/mol. The summed E-state index contributed by atoms with van der Waals surface area (Å²) in [6, 6.07) is 103. The zero-order valence-electron chi connectivity index (χ0n) is 49.9. The van der Waals surface area contributed by atoms with Gasteiger partial charge in [0, 0.05) is 39.5 Å². The molecular formula is C83H80N2. The first-order valence-electron chi connectivity index (χ1n) is 31.7. The number of anilines is 6. The van der Waals surface area contributed by atoms with Gasteiger partial charge in [-0.15, -0.1) is 0 Å². The average molecular weight is 1110 g/mol. The molecule has 1 aliphatic carbocycles. The molecule has 0 saturated heterocycles. The van der Waals surface area contributed by atoms with E-state index in [9.17, 15) is 0 Å². The molecule has 0 radical (unpaired) electrons. The van der Waals surface area contributed by atoms with Gasteiger partial charge in [0.1, 0.15) is 0 Å². The van der Waals surface area contributed by atoms with E-state index in [0.29, 0.717) is 0 Å². The highest BCUT2D eigenvalue weighted by Crippen LogP contribution is 2.56. The molecule has 0 N–H and O–H groups in total. The molecule has 2 nitrogen and oxygen atoms in total. The Morgan fingerprint density at radius 1 is 0.224 bits per heavy atom. The van der Waals surface area contributed by atoms with E-state index in [0.717, 1.165) is 28.4 Å². The number of benzene rings is 11. The van der Waals surface area contributed by atoms with Crippen molar-refractivity contribution in [3.63, 3.8) is 0 Å². The van der Waals surface area contributed by atoms with E-state index in [4.69, 9.17) is 0 Å². The molecule has 2 heteroatoms. The van der Waals surface area contributed by atoms with Crippen LogP contribution in [0.15, 0.2) is 279 Å². The monoisotopic (exact) mass is 1100 g/mol. The lowest BCUT2D eigenvalue weighted by molar-refractivity contribution is 0.398. The minimum atomic E-state index is -0.0134. The van der Waals surface area contributed by atoms with Crippen molar-refractivity contribution in [1.29, 1.82) is 0 Å². The standard InChI is InChI=1S/C83H80N2/c1-3-5-7-9-11-24-58-83(59-25-12-10-8-6-4-2)81-39-23-22-38-79(81)80-57-56-78(62-82(80)83)85(76-48-40-65(41-49-76)63-28-16-13-17-29-63)77-54-46-68(47-55-77)72-35-27-34-71(61-72)67-44-52-75(53-45-67)84(73-36-20-15-21-37-73)74-50-42-66(43-51-74)70-33-26-32-69(60-70)64-30-18-14-19-31-64/h13-23,26-57,60-62H,3-12,24-25,58-59H2,1-2H3. The first-order valence-corrected chi connectivity index (χ1v) is 31.7. The van der Waals surface area contributed by atoms with Gasteiger partial charge in [-0.05, 0) is 176 Å². The van der Waals surface area contributed by atoms with Crippen LogP contribution in [-0.4, -0.2) is 0 Å². The summed E-state index contributed by atoms with van der Waals surface area (Å²) in [5.74, 6) is 0.